The van der Waals surface area contributed by atoms with Crippen molar-refractivity contribution < 1.29 is 0 Å². The molecule has 0 saturated heterocycles. The van der Waals surface area contributed by atoms with E-state index in [0.717, 1.165) is 0 Å². The Labute approximate surface area is 255 Å². The van der Waals surface area contributed by atoms with Crippen molar-refractivity contribution in [2.24, 2.45) is 0 Å². The third kappa shape index (κ3) is 3.26. The molecule has 10 aromatic rings. The monoisotopic (exact) mass is 581 g/mol. The van der Waals surface area contributed by atoms with Crippen LogP contribution in [0.5, 0.6) is 0 Å². The molecule has 10 rings (SSSR count). The molecule has 0 saturated carbocycles. The minimum absolute atomic E-state index is 1.25. The van der Waals surface area contributed by atoms with Gasteiger partial charge < -0.3 is 0 Å². The lowest BCUT2D eigenvalue weighted by Gasteiger charge is -2.11. The van der Waals surface area contributed by atoms with Gasteiger partial charge in [-0.25, -0.2) is 0 Å². The molecule has 200 valence electrons. The van der Waals surface area contributed by atoms with Crippen LogP contribution in [-0.2, 0) is 0 Å². The topological polar surface area (TPSA) is 4.41 Å². The zero-order valence-corrected chi connectivity index (χ0v) is 24.7. The maximum absolute atomic E-state index is 2.53. The van der Waals surface area contributed by atoms with Crippen molar-refractivity contribution >= 4 is 90.3 Å². The lowest BCUT2D eigenvalue weighted by molar-refractivity contribution is 1.37. The Morgan fingerprint density at radius 3 is 1.86 bits per heavy atom. The van der Waals surface area contributed by atoms with Crippen LogP contribution in [0.25, 0.3) is 89.9 Å². The van der Waals surface area contributed by atoms with Crippen molar-refractivity contribution in [2.75, 3.05) is 0 Å². The largest absolute Gasteiger partial charge is 0.299 e. The first-order valence-electron chi connectivity index (χ1n) is 14.6. The first kappa shape index (κ1) is 23.6. The van der Waals surface area contributed by atoms with Crippen LogP contribution in [0.4, 0.5) is 0 Å². The Balaban J connectivity index is 1.38. The predicted octanol–water partition coefficient (Wildman–Crippen LogP) is 12.3. The molecule has 0 N–H and O–H groups in total. The molecular formula is C40H23NS2. The minimum atomic E-state index is 1.25. The molecule has 3 heteroatoms. The summed E-state index contributed by atoms with van der Waals surface area (Å²) in [4.78, 5) is 1.30. The highest BCUT2D eigenvalue weighted by Crippen LogP contribution is 2.47. The van der Waals surface area contributed by atoms with E-state index in [4.69, 9.17) is 0 Å². The third-order valence-corrected chi connectivity index (χ3v) is 11.3. The van der Waals surface area contributed by atoms with Crippen molar-refractivity contribution in [1.82, 2.24) is 4.40 Å². The van der Waals surface area contributed by atoms with E-state index in [2.05, 4.69) is 144 Å². The second-order valence-electron chi connectivity index (χ2n) is 11.3. The van der Waals surface area contributed by atoms with Crippen molar-refractivity contribution in [3.63, 3.8) is 0 Å². The number of nitrogens with zero attached hydrogens (tertiary/aromatic N) is 1. The van der Waals surface area contributed by atoms with E-state index >= 15 is 0 Å². The molecule has 0 aliphatic carbocycles. The molecule has 43 heavy (non-hydrogen) atoms. The van der Waals surface area contributed by atoms with Gasteiger partial charge in [0.1, 0.15) is 4.83 Å². The minimum Gasteiger partial charge on any atom is -0.299 e. The molecule has 0 bridgehead atoms. The Morgan fingerprint density at radius 2 is 1.02 bits per heavy atom. The molecular weight excluding hydrogens is 559 g/mol. The van der Waals surface area contributed by atoms with Crippen LogP contribution in [0.2, 0.25) is 0 Å². The maximum atomic E-state index is 2.53. The first-order valence-corrected chi connectivity index (χ1v) is 16.2. The van der Waals surface area contributed by atoms with Gasteiger partial charge in [-0.3, -0.25) is 4.40 Å². The molecule has 0 amide bonds. The summed E-state index contributed by atoms with van der Waals surface area (Å²) in [7, 11) is 0. The van der Waals surface area contributed by atoms with Gasteiger partial charge in [0.15, 0.2) is 0 Å². The number of fused-ring (bicyclic) bond motifs is 13. The number of hydrogen-bond acceptors (Lipinski definition) is 2. The number of hydrogen-bond donors (Lipinski definition) is 0. The molecule has 0 unspecified atom stereocenters. The fourth-order valence-electron chi connectivity index (χ4n) is 7.10. The van der Waals surface area contributed by atoms with Gasteiger partial charge in [-0.05, 0) is 58.5 Å². The molecule has 1 nitrogen and oxygen atoms in total. The van der Waals surface area contributed by atoms with Crippen LogP contribution >= 0.6 is 22.7 Å². The Bertz CT molecular complexity index is 2720. The van der Waals surface area contributed by atoms with Crippen LogP contribution in [0.1, 0.15) is 0 Å². The molecule has 4 aromatic heterocycles. The molecule has 0 fully saturated rings. The van der Waals surface area contributed by atoms with Crippen molar-refractivity contribution in [3.8, 4) is 22.3 Å². The number of aromatic nitrogens is 1. The van der Waals surface area contributed by atoms with Gasteiger partial charge in [0.05, 0.1) is 11.0 Å². The Morgan fingerprint density at radius 1 is 0.395 bits per heavy atom. The van der Waals surface area contributed by atoms with E-state index in [0.29, 0.717) is 0 Å². The van der Waals surface area contributed by atoms with E-state index in [9.17, 15) is 0 Å². The summed E-state index contributed by atoms with van der Waals surface area (Å²) in [5.74, 6) is 0. The molecule has 0 radical (unpaired) electrons. The maximum Gasteiger partial charge on any atom is 0.109 e. The number of benzene rings is 6. The molecule has 0 aliphatic rings. The van der Waals surface area contributed by atoms with Gasteiger partial charge in [0.2, 0.25) is 0 Å². The zero-order valence-electron chi connectivity index (χ0n) is 23.0. The summed E-state index contributed by atoms with van der Waals surface area (Å²) in [6.07, 6.45) is 0. The van der Waals surface area contributed by atoms with Crippen molar-refractivity contribution in [1.29, 1.82) is 0 Å². The second-order valence-corrected chi connectivity index (χ2v) is 13.4. The summed E-state index contributed by atoms with van der Waals surface area (Å²) in [5, 5.41) is 9.23. The van der Waals surface area contributed by atoms with Crippen LogP contribution in [0.15, 0.2) is 140 Å². The molecule has 0 atom stereocenters. The fraction of sp³-hybridized carbons (Fsp3) is 0. The summed E-state index contributed by atoms with van der Waals surface area (Å²) in [5.41, 5.74) is 7.61. The highest BCUT2D eigenvalue weighted by molar-refractivity contribution is 7.26. The number of rotatable bonds is 2. The molecule has 4 heterocycles. The van der Waals surface area contributed by atoms with E-state index in [1.165, 1.54) is 89.9 Å². The van der Waals surface area contributed by atoms with E-state index in [1.807, 2.05) is 22.7 Å². The third-order valence-electron chi connectivity index (χ3n) is 8.97. The van der Waals surface area contributed by atoms with Gasteiger partial charge >= 0.3 is 0 Å². The molecule has 6 aromatic carbocycles. The summed E-state index contributed by atoms with van der Waals surface area (Å²) < 4.78 is 6.53. The normalized spacial score (nSPS) is 12.2. The SMILES string of the molecule is c1ccc(-c2c3ccccc3n3c4sc5ccccc5c4c4cc(-c5ccc6sc7ccccc7c6c5)ccc4c23)cc1. The van der Waals surface area contributed by atoms with Gasteiger partial charge in [0.25, 0.3) is 0 Å². The van der Waals surface area contributed by atoms with E-state index in [-0.39, 0.29) is 0 Å². The van der Waals surface area contributed by atoms with Crippen molar-refractivity contribution in [2.45, 2.75) is 0 Å². The average molecular weight is 582 g/mol. The van der Waals surface area contributed by atoms with E-state index < -0.39 is 0 Å². The highest BCUT2D eigenvalue weighted by Gasteiger charge is 2.22. The van der Waals surface area contributed by atoms with Gasteiger partial charge in [-0.1, -0.05) is 103 Å². The average Bonchev–Trinajstić information content (AvgIpc) is 3.74. The van der Waals surface area contributed by atoms with Crippen LogP contribution in [-0.4, -0.2) is 4.40 Å². The number of pyridine rings is 1. The predicted molar refractivity (Wildman–Crippen MR) is 189 cm³/mol. The quantitative estimate of drug-likeness (QED) is 0.191. The first-order chi connectivity index (χ1) is 21.3. The summed E-state index contributed by atoms with van der Waals surface area (Å²) >= 11 is 3.77. The summed E-state index contributed by atoms with van der Waals surface area (Å²) in [6.45, 7) is 0. The standard InChI is InChI=1S/C40H23NS2/c1-2-10-24(11-3-1)37-29-13-4-7-15-33(29)41-39(37)28-20-18-25(23-32(28)38-30-14-6-9-17-35(30)43-40(38)41)26-19-21-36-31(22-26)27-12-5-8-16-34(27)42-36/h1-23H. The lowest BCUT2D eigenvalue weighted by atomic mass is 9.95. The van der Waals surface area contributed by atoms with Gasteiger partial charge in [-0.2, -0.15) is 0 Å². The van der Waals surface area contributed by atoms with Crippen LogP contribution < -0.4 is 0 Å². The highest BCUT2D eigenvalue weighted by atomic mass is 32.1. The van der Waals surface area contributed by atoms with Crippen LogP contribution in [0, 0.1) is 0 Å². The lowest BCUT2D eigenvalue weighted by Crippen LogP contribution is -1.90. The summed E-state index contributed by atoms with van der Waals surface area (Å²) in [6, 6.07) is 51.5. The van der Waals surface area contributed by atoms with Crippen molar-refractivity contribution in [3.05, 3.63) is 140 Å². The zero-order chi connectivity index (χ0) is 28.1. The second kappa shape index (κ2) is 8.78. The van der Waals surface area contributed by atoms with Gasteiger partial charge in [0, 0.05) is 52.0 Å². The Kier molecular flexibility index (Phi) is 4.81. The molecule has 0 aliphatic heterocycles. The number of thiophene rings is 2. The van der Waals surface area contributed by atoms with E-state index in [1.54, 1.807) is 0 Å². The fourth-order valence-corrected chi connectivity index (χ4v) is 9.42. The smallest absolute Gasteiger partial charge is 0.109 e. The Hall–Kier alpha value is -4.96. The molecule has 0 spiro atoms. The number of para-hydroxylation sites is 1. The van der Waals surface area contributed by atoms with Gasteiger partial charge in [-0.15, -0.1) is 22.7 Å². The van der Waals surface area contributed by atoms with Crippen LogP contribution in [0.3, 0.4) is 0 Å².